The number of methoxy groups -OCH3 is 1. The lowest BCUT2D eigenvalue weighted by molar-refractivity contribution is 0.306. The fraction of sp³-hybridized carbons (Fsp3) is 0.115. The largest absolute Gasteiger partial charge is 0.497 e. The summed E-state index contributed by atoms with van der Waals surface area (Å²) in [5.74, 6) is 1.96. The Morgan fingerprint density at radius 2 is 1.69 bits per heavy atom. The van der Waals surface area contributed by atoms with Crippen LogP contribution in [-0.2, 0) is 12.4 Å². The van der Waals surface area contributed by atoms with Gasteiger partial charge in [0.15, 0.2) is 5.16 Å². The van der Waals surface area contributed by atoms with E-state index in [4.69, 9.17) is 15.0 Å². The van der Waals surface area contributed by atoms with Gasteiger partial charge < -0.3 is 14.5 Å². The van der Waals surface area contributed by atoms with Gasteiger partial charge in [0.05, 0.1) is 12.8 Å². The Kier molecular flexibility index (Phi) is 7.88. The third kappa shape index (κ3) is 6.04. The van der Waals surface area contributed by atoms with Gasteiger partial charge in [-0.15, -0.1) is 0 Å². The van der Waals surface area contributed by atoms with Crippen molar-refractivity contribution in [3.8, 4) is 28.8 Å². The highest BCUT2D eigenvalue weighted by atomic mass is 32.2. The van der Waals surface area contributed by atoms with Gasteiger partial charge in [0.2, 0.25) is 0 Å². The second-order valence-electron chi connectivity index (χ2n) is 7.51. The van der Waals surface area contributed by atoms with Gasteiger partial charge in [-0.1, -0.05) is 53.3 Å². The fourth-order valence-electron chi connectivity index (χ4n) is 3.29. The summed E-state index contributed by atoms with van der Waals surface area (Å²) in [5, 5.41) is 13.5. The molecule has 0 aliphatic rings. The highest BCUT2D eigenvalue weighted by molar-refractivity contribution is 7.98. The summed E-state index contributed by atoms with van der Waals surface area (Å²) < 4.78 is 11.0. The van der Waals surface area contributed by atoms with E-state index in [1.54, 1.807) is 43.5 Å². The van der Waals surface area contributed by atoms with Crippen LogP contribution in [0.25, 0.3) is 21.7 Å². The molecule has 1 heterocycles. The van der Waals surface area contributed by atoms with Crippen molar-refractivity contribution in [3.63, 3.8) is 0 Å². The molecule has 9 nitrogen and oxygen atoms in total. The van der Waals surface area contributed by atoms with Crippen molar-refractivity contribution in [2.75, 3.05) is 7.11 Å². The SMILES string of the molecule is COc1ccc(COc2ccc(-c3nc(SCc4ccc(N=[N+]=[N-])cc4)[nH]c(=O)c3C#N)cc2)cc1. The summed E-state index contributed by atoms with van der Waals surface area (Å²) in [6, 6.07) is 23.8. The quantitative estimate of drug-likeness (QED) is 0.0973. The average molecular weight is 497 g/mol. The van der Waals surface area contributed by atoms with Crippen LogP contribution in [0.4, 0.5) is 5.69 Å². The molecule has 0 aliphatic carbocycles. The number of benzene rings is 3. The number of nitriles is 1. The summed E-state index contributed by atoms with van der Waals surface area (Å²) in [4.78, 5) is 22.5. The van der Waals surface area contributed by atoms with Crippen molar-refractivity contribution in [3.05, 3.63) is 110 Å². The second-order valence-corrected chi connectivity index (χ2v) is 8.48. The number of H-pyrrole nitrogens is 1. The highest BCUT2D eigenvalue weighted by Gasteiger charge is 2.14. The molecule has 0 saturated heterocycles. The van der Waals surface area contributed by atoms with E-state index < -0.39 is 5.56 Å². The first-order valence-corrected chi connectivity index (χ1v) is 11.8. The van der Waals surface area contributed by atoms with Gasteiger partial charge in [-0.2, -0.15) is 5.26 Å². The van der Waals surface area contributed by atoms with Crippen LogP contribution >= 0.6 is 11.8 Å². The molecule has 178 valence electrons. The lowest BCUT2D eigenvalue weighted by atomic mass is 10.1. The molecule has 0 spiro atoms. The minimum atomic E-state index is -0.497. The van der Waals surface area contributed by atoms with Crippen molar-refractivity contribution >= 4 is 17.4 Å². The van der Waals surface area contributed by atoms with Crippen LogP contribution < -0.4 is 15.0 Å². The number of rotatable bonds is 9. The van der Waals surface area contributed by atoms with Crippen LogP contribution in [-0.4, -0.2) is 17.1 Å². The lowest BCUT2D eigenvalue weighted by Gasteiger charge is -2.09. The minimum Gasteiger partial charge on any atom is -0.497 e. The maximum atomic E-state index is 12.6. The third-order valence-electron chi connectivity index (χ3n) is 5.17. The standard InChI is InChI=1S/C26H20N6O3S/c1-34-21-10-4-17(5-11-21)15-35-22-12-6-19(7-13-22)24-23(14-27)25(33)30-26(29-24)36-16-18-2-8-20(9-3-18)31-32-28/h2-13H,15-16H2,1H3,(H,29,30,33). The summed E-state index contributed by atoms with van der Waals surface area (Å²) in [6.07, 6.45) is 0. The molecule has 0 aliphatic heterocycles. The molecule has 0 unspecified atom stereocenters. The summed E-state index contributed by atoms with van der Waals surface area (Å²) >= 11 is 1.33. The van der Waals surface area contributed by atoms with E-state index >= 15 is 0 Å². The molecule has 1 N–H and O–H groups in total. The molecule has 0 radical (unpaired) electrons. The third-order valence-corrected chi connectivity index (χ3v) is 6.12. The number of aromatic amines is 1. The molecule has 0 saturated carbocycles. The van der Waals surface area contributed by atoms with Gasteiger partial charge in [-0.3, -0.25) is 4.79 Å². The molecule has 10 heteroatoms. The Hall–Kier alpha value is -4.71. The Morgan fingerprint density at radius 1 is 1.03 bits per heavy atom. The molecular formula is C26H20N6O3S. The minimum absolute atomic E-state index is 0.0510. The summed E-state index contributed by atoms with van der Waals surface area (Å²) in [7, 11) is 1.62. The molecule has 1 aromatic heterocycles. The van der Waals surface area contributed by atoms with Gasteiger partial charge in [0, 0.05) is 21.9 Å². The highest BCUT2D eigenvalue weighted by Crippen LogP contribution is 2.26. The van der Waals surface area contributed by atoms with Gasteiger partial charge >= 0.3 is 0 Å². The smallest absolute Gasteiger partial charge is 0.270 e. The zero-order valence-electron chi connectivity index (χ0n) is 19.2. The molecular weight excluding hydrogens is 476 g/mol. The molecule has 0 atom stereocenters. The number of ether oxygens (including phenoxy) is 2. The monoisotopic (exact) mass is 496 g/mol. The van der Waals surface area contributed by atoms with E-state index in [0.29, 0.717) is 40.2 Å². The number of aromatic nitrogens is 2. The van der Waals surface area contributed by atoms with Crippen molar-refractivity contribution in [1.29, 1.82) is 5.26 Å². The summed E-state index contributed by atoms with van der Waals surface area (Å²) in [6.45, 7) is 0.390. The summed E-state index contributed by atoms with van der Waals surface area (Å²) in [5.41, 5.74) is 11.4. The number of nitrogens with one attached hydrogen (secondary N) is 1. The van der Waals surface area contributed by atoms with Crippen LogP contribution in [0.2, 0.25) is 0 Å². The van der Waals surface area contributed by atoms with E-state index in [0.717, 1.165) is 16.9 Å². The number of azide groups is 1. The van der Waals surface area contributed by atoms with Crippen molar-refractivity contribution < 1.29 is 9.47 Å². The van der Waals surface area contributed by atoms with Crippen molar-refractivity contribution in [1.82, 2.24) is 9.97 Å². The Bertz CT molecular complexity index is 1490. The zero-order chi connectivity index (χ0) is 25.3. The molecule has 0 bridgehead atoms. The van der Waals surface area contributed by atoms with Crippen molar-refractivity contribution in [2.45, 2.75) is 17.5 Å². The molecule has 4 aromatic rings. The van der Waals surface area contributed by atoms with Gasteiger partial charge in [-0.05, 0) is 53.1 Å². The van der Waals surface area contributed by atoms with E-state index in [-0.39, 0.29) is 5.56 Å². The predicted octanol–water partition coefficient (Wildman–Crippen LogP) is 6.13. The predicted molar refractivity (Wildman–Crippen MR) is 137 cm³/mol. The Labute approximate surface area is 211 Å². The first-order valence-electron chi connectivity index (χ1n) is 10.8. The molecule has 0 fully saturated rings. The molecule has 4 rings (SSSR count). The maximum absolute atomic E-state index is 12.6. The van der Waals surface area contributed by atoms with Crippen LogP contribution in [0.5, 0.6) is 11.5 Å². The van der Waals surface area contributed by atoms with Crippen LogP contribution in [0.1, 0.15) is 16.7 Å². The van der Waals surface area contributed by atoms with Crippen LogP contribution in [0.3, 0.4) is 0 Å². The van der Waals surface area contributed by atoms with E-state index in [1.807, 2.05) is 42.5 Å². The first kappa shape index (κ1) is 24.4. The van der Waals surface area contributed by atoms with Gasteiger partial charge in [-0.25, -0.2) is 4.98 Å². The topological polar surface area (TPSA) is 137 Å². The Balaban J connectivity index is 1.48. The maximum Gasteiger partial charge on any atom is 0.270 e. The second kappa shape index (κ2) is 11.6. The fourth-order valence-corrected chi connectivity index (χ4v) is 4.11. The van der Waals surface area contributed by atoms with Crippen molar-refractivity contribution in [2.24, 2.45) is 5.11 Å². The van der Waals surface area contributed by atoms with Crippen LogP contribution in [0.15, 0.2) is 87.9 Å². The number of thioether (sulfide) groups is 1. The lowest BCUT2D eigenvalue weighted by Crippen LogP contribution is -2.14. The zero-order valence-corrected chi connectivity index (χ0v) is 20.0. The van der Waals surface area contributed by atoms with E-state index in [1.165, 1.54) is 11.8 Å². The Morgan fingerprint density at radius 3 is 2.33 bits per heavy atom. The molecule has 3 aromatic carbocycles. The molecule has 0 amide bonds. The first-order chi connectivity index (χ1) is 17.6. The number of nitrogens with zero attached hydrogens (tertiary/aromatic N) is 5. The number of hydrogen-bond donors (Lipinski definition) is 1. The van der Waals surface area contributed by atoms with E-state index in [9.17, 15) is 10.1 Å². The van der Waals surface area contributed by atoms with Gasteiger partial charge in [0.1, 0.15) is 29.7 Å². The average Bonchev–Trinajstić information content (AvgIpc) is 2.92. The van der Waals surface area contributed by atoms with E-state index in [2.05, 4.69) is 20.0 Å². The number of hydrogen-bond acceptors (Lipinski definition) is 7. The normalized spacial score (nSPS) is 10.2. The van der Waals surface area contributed by atoms with Crippen LogP contribution in [0, 0.1) is 11.3 Å². The van der Waals surface area contributed by atoms with Gasteiger partial charge in [0.25, 0.3) is 5.56 Å². The molecule has 36 heavy (non-hydrogen) atoms.